The minimum atomic E-state index is -0.0730. The van der Waals surface area contributed by atoms with E-state index in [1.807, 2.05) is 37.3 Å². The van der Waals surface area contributed by atoms with E-state index in [-0.39, 0.29) is 15.9 Å². The van der Waals surface area contributed by atoms with E-state index >= 15 is 0 Å². The fraction of sp³-hybridized carbons (Fsp3) is 0.348. The Morgan fingerprint density at radius 1 is 0.871 bits per heavy atom. The molecule has 0 spiro atoms. The fourth-order valence-electron chi connectivity index (χ4n) is 3.04. The third-order valence-corrected chi connectivity index (χ3v) is 5.05. The predicted molar refractivity (Wildman–Crippen MR) is 132 cm³/mol. The Kier molecular flexibility index (Phi) is 9.64. The zero-order valence-electron chi connectivity index (χ0n) is 18.1. The van der Waals surface area contributed by atoms with Crippen LogP contribution in [0.5, 0.6) is 11.5 Å². The SMILES string of the molecule is [CH2-]C(C)c1cc(C(N)=S)cc(OCCOC)c1-c1ccc(C(N)=S)cc1OCCOC. The van der Waals surface area contributed by atoms with Crippen LogP contribution in [0.2, 0.25) is 0 Å². The van der Waals surface area contributed by atoms with Crippen molar-refractivity contribution in [1.82, 2.24) is 0 Å². The van der Waals surface area contributed by atoms with Gasteiger partial charge in [0.2, 0.25) is 0 Å². The zero-order valence-corrected chi connectivity index (χ0v) is 19.7. The Labute approximate surface area is 194 Å². The highest BCUT2D eigenvalue weighted by molar-refractivity contribution is 7.80. The van der Waals surface area contributed by atoms with Crippen LogP contribution in [-0.4, -0.2) is 50.6 Å². The molecule has 8 heteroatoms. The van der Waals surface area contributed by atoms with Gasteiger partial charge in [-0.3, -0.25) is 0 Å². The molecule has 168 valence electrons. The second kappa shape index (κ2) is 12.0. The van der Waals surface area contributed by atoms with E-state index in [0.29, 0.717) is 49.1 Å². The minimum Gasteiger partial charge on any atom is -0.491 e. The number of thiocarbonyl (C=S) groups is 2. The molecule has 1 unspecified atom stereocenters. The number of ether oxygens (including phenoxy) is 4. The van der Waals surface area contributed by atoms with Gasteiger partial charge >= 0.3 is 0 Å². The maximum atomic E-state index is 6.07. The molecule has 2 aromatic carbocycles. The lowest BCUT2D eigenvalue weighted by Crippen LogP contribution is -2.14. The minimum absolute atomic E-state index is 0.0730. The van der Waals surface area contributed by atoms with Gasteiger partial charge in [0.25, 0.3) is 0 Å². The van der Waals surface area contributed by atoms with Gasteiger partial charge in [-0.05, 0) is 18.2 Å². The Morgan fingerprint density at radius 2 is 1.42 bits per heavy atom. The summed E-state index contributed by atoms with van der Waals surface area (Å²) in [6.07, 6.45) is 0. The van der Waals surface area contributed by atoms with Crippen molar-refractivity contribution in [2.75, 3.05) is 40.6 Å². The molecule has 0 saturated carbocycles. The largest absolute Gasteiger partial charge is 0.491 e. The number of hydrogen-bond donors (Lipinski definition) is 2. The van der Waals surface area contributed by atoms with E-state index in [1.165, 1.54) is 0 Å². The molecule has 0 saturated heterocycles. The first kappa shape index (κ1) is 25.0. The number of rotatable bonds is 12. The zero-order chi connectivity index (χ0) is 23.0. The van der Waals surface area contributed by atoms with Crippen molar-refractivity contribution in [3.8, 4) is 22.6 Å². The molecule has 0 aliphatic heterocycles. The van der Waals surface area contributed by atoms with Gasteiger partial charge in [0, 0.05) is 36.5 Å². The molecule has 0 radical (unpaired) electrons. The van der Waals surface area contributed by atoms with Crippen LogP contribution < -0.4 is 20.9 Å². The third-order valence-electron chi connectivity index (χ3n) is 4.57. The molecule has 0 bridgehead atoms. The molecule has 4 N–H and O–H groups in total. The molecule has 0 aliphatic rings. The summed E-state index contributed by atoms with van der Waals surface area (Å²) in [5, 5.41) is 0. The average molecular weight is 462 g/mol. The van der Waals surface area contributed by atoms with Crippen LogP contribution in [0.1, 0.15) is 29.5 Å². The van der Waals surface area contributed by atoms with Crippen LogP contribution >= 0.6 is 24.4 Å². The Bertz CT molecular complexity index is 932. The van der Waals surface area contributed by atoms with E-state index in [9.17, 15) is 0 Å². The maximum Gasteiger partial charge on any atom is 0.128 e. The second-order valence-corrected chi connectivity index (χ2v) is 7.84. The van der Waals surface area contributed by atoms with Crippen LogP contribution in [0.4, 0.5) is 0 Å². The maximum absolute atomic E-state index is 6.07. The molecule has 0 amide bonds. The summed E-state index contributed by atoms with van der Waals surface area (Å²) >= 11 is 10.4. The van der Waals surface area contributed by atoms with E-state index in [4.69, 9.17) is 54.9 Å². The first-order chi connectivity index (χ1) is 14.8. The average Bonchev–Trinajstić information content (AvgIpc) is 2.73. The summed E-state index contributed by atoms with van der Waals surface area (Å²) in [6, 6.07) is 9.38. The summed E-state index contributed by atoms with van der Waals surface area (Å²) in [6.45, 7) is 7.81. The molecule has 1 atom stereocenters. The number of methoxy groups -OCH3 is 2. The quantitative estimate of drug-likeness (QED) is 0.282. The van der Waals surface area contributed by atoms with Gasteiger partial charge in [-0.15, -0.1) is 5.92 Å². The van der Waals surface area contributed by atoms with E-state index in [1.54, 1.807) is 14.2 Å². The van der Waals surface area contributed by atoms with E-state index < -0.39 is 0 Å². The molecule has 0 aromatic heterocycles. The number of nitrogens with two attached hydrogens (primary N) is 2. The van der Waals surface area contributed by atoms with Gasteiger partial charge in [-0.25, -0.2) is 0 Å². The molecule has 0 fully saturated rings. The Morgan fingerprint density at radius 3 is 1.94 bits per heavy atom. The number of benzene rings is 2. The van der Waals surface area contributed by atoms with Gasteiger partial charge in [0.05, 0.1) is 13.2 Å². The highest BCUT2D eigenvalue weighted by Crippen LogP contribution is 2.43. The summed E-state index contributed by atoms with van der Waals surface area (Å²) in [7, 11) is 3.24. The van der Waals surface area contributed by atoms with Gasteiger partial charge in [-0.1, -0.05) is 49.1 Å². The Balaban J connectivity index is 2.73. The van der Waals surface area contributed by atoms with Crippen LogP contribution in [0.25, 0.3) is 11.1 Å². The van der Waals surface area contributed by atoms with Crippen molar-refractivity contribution in [2.24, 2.45) is 11.5 Å². The van der Waals surface area contributed by atoms with Gasteiger partial charge in [0.1, 0.15) is 34.7 Å². The molecule has 0 aliphatic carbocycles. The predicted octanol–water partition coefficient (Wildman–Crippen LogP) is 3.61. The first-order valence-electron chi connectivity index (χ1n) is 9.78. The van der Waals surface area contributed by atoms with Crippen molar-refractivity contribution >= 4 is 34.4 Å². The van der Waals surface area contributed by atoms with Crippen LogP contribution in [0.15, 0.2) is 30.3 Å². The molecule has 6 nitrogen and oxygen atoms in total. The van der Waals surface area contributed by atoms with Crippen molar-refractivity contribution < 1.29 is 18.9 Å². The van der Waals surface area contributed by atoms with Crippen LogP contribution in [0.3, 0.4) is 0 Å². The van der Waals surface area contributed by atoms with Crippen molar-refractivity contribution in [3.05, 3.63) is 53.9 Å². The Hall–Kier alpha value is -2.26. The molecule has 2 rings (SSSR count). The smallest absolute Gasteiger partial charge is 0.128 e. The van der Waals surface area contributed by atoms with Crippen molar-refractivity contribution in [1.29, 1.82) is 0 Å². The molecule has 2 aromatic rings. The molecule has 0 heterocycles. The first-order valence-corrected chi connectivity index (χ1v) is 10.6. The molecular weight excluding hydrogens is 432 g/mol. The summed E-state index contributed by atoms with van der Waals surface area (Å²) in [4.78, 5) is 0.569. The van der Waals surface area contributed by atoms with Crippen molar-refractivity contribution in [3.63, 3.8) is 0 Å². The lowest BCUT2D eigenvalue weighted by molar-refractivity contribution is 0.145. The van der Waals surface area contributed by atoms with Gasteiger partial charge in [0.15, 0.2) is 0 Å². The second-order valence-electron chi connectivity index (χ2n) is 6.96. The van der Waals surface area contributed by atoms with Gasteiger partial charge in [-0.2, -0.15) is 0 Å². The molecule has 31 heavy (non-hydrogen) atoms. The normalized spacial score (nSPS) is 11.7. The lowest BCUT2D eigenvalue weighted by Gasteiger charge is -2.24. The molecular formula is C23H29N2O4S2-. The van der Waals surface area contributed by atoms with Crippen molar-refractivity contribution in [2.45, 2.75) is 12.8 Å². The monoisotopic (exact) mass is 461 g/mol. The van der Waals surface area contributed by atoms with Gasteiger partial charge < -0.3 is 37.3 Å². The van der Waals surface area contributed by atoms with E-state index in [2.05, 4.69) is 6.92 Å². The standard InChI is InChI=1S/C23H29N2O4S2/c1-14(2)18-11-16(23(25)31)13-20(29-10-8-27-4)21(18)17-6-5-15(22(24)30)12-19(17)28-9-7-26-3/h5-6,11-14H,1,7-10H2,2-4H3,(H2,24,30)(H2,25,31)/q-1. The van der Waals surface area contributed by atoms with E-state index in [0.717, 1.165) is 16.7 Å². The third kappa shape index (κ3) is 6.61. The summed E-state index contributed by atoms with van der Waals surface area (Å²) in [5.74, 6) is 1.16. The highest BCUT2D eigenvalue weighted by Gasteiger charge is 2.20. The van der Waals surface area contributed by atoms with Crippen LogP contribution in [-0.2, 0) is 9.47 Å². The topological polar surface area (TPSA) is 89.0 Å². The summed E-state index contributed by atoms with van der Waals surface area (Å²) < 4.78 is 22.4. The summed E-state index contributed by atoms with van der Waals surface area (Å²) in [5.41, 5.74) is 15.8. The highest BCUT2D eigenvalue weighted by atomic mass is 32.1. The lowest BCUT2D eigenvalue weighted by atomic mass is 9.89. The van der Waals surface area contributed by atoms with Crippen LogP contribution in [0, 0.1) is 6.92 Å². The number of hydrogen-bond acceptors (Lipinski definition) is 6. The fourth-order valence-corrected chi connectivity index (χ4v) is 3.29.